The van der Waals surface area contributed by atoms with E-state index in [2.05, 4.69) is 29.2 Å². The molecule has 1 aliphatic rings. The van der Waals surface area contributed by atoms with Crippen molar-refractivity contribution in [1.29, 1.82) is 0 Å². The summed E-state index contributed by atoms with van der Waals surface area (Å²) in [6, 6.07) is 1.90. The smallest absolute Gasteiger partial charge is 0.239 e. The molecule has 6 heteroatoms. The van der Waals surface area contributed by atoms with Gasteiger partial charge in [-0.25, -0.2) is 0 Å². The Morgan fingerprint density at radius 1 is 1.68 bits per heavy atom. The van der Waals surface area contributed by atoms with Crippen LogP contribution in [0.5, 0.6) is 0 Å². The summed E-state index contributed by atoms with van der Waals surface area (Å²) >= 11 is 0. The van der Waals surface area contributed by atoms with Crippen LogP contribution in [0.25, 0.3) is 0 Å². The van der Waals surface area contributed by atoms with E-state index in [0.717, 1.165) is 19.5 Å². The van der Waals surface area contributed by atoms with Crippen molar-refractivity contribution < 1.29 is 9.32 Å². The van der Waals surface area contributed by atoms with Gasteiger partial charge in [0.15, 0.2) is 5.82 Å². The zero-order valence-corrected chi connectivity index (χ0v) is 11.8. The number of nitrogens with one attached hydrogen (secondary N) is 1. The van der Waals surface area contributed by atoms with E-state index in [1.165, 1.54) is 0 Å². The highest BCUT2D eigenvalue weighted by molar-refractivity contribution is 5.91. The zero-order valence-electron chi connectivity index (χ0n) is 11.8. The van der Waals surface area contributed by atoms with Crippen molar-refractivity contribution >= 4 is 11.7 Å². The average Bonchev–Trinajstić information content (AvgIpc) is 2.69. The van der Waals surface area contributed by atoms with Gasteiger partial charge >= 0.3 is 0 Å². The Labute approximate surface area is 113 Å². The number of anilines is 1. The fourth-order valence-corrected chi connectivity index (χ4v) is 2.43. The summed E-state index contributed by atoms with van der Waals surface area (Å²) in [5, 5.41) is 6.48. The number of nitrogens with two attached hydrogens (primary N) is 1. The first-order chi connectivity index (χ1) is 8.87. The number of amides is 1. The molecule has 19 heavy (non-hydrogen) atoms. The number of hydrogen-bond acceptors (Lipinski definition) is 5. The molecule has 1 amide bonds. The van der Waals surface area contributed by atoms with Crippen molar-refractivity contribution in [2.75, 3.05) is 25.0 Å². The fourth-order valence-electron chi connectivity index (χ4n) is 2.43. The van der Waals surface area contributed by atoms with E-state index < -0.39 is 0 Å². The van der Waals surface area contributed by atoms with Crippen LogP contribution in [0.2, 0.25) is 0 Å². The Morgan fingerprint density at radius 2 is 2.42 bits per heavy atom. The summed E-state index contributed by atoms with van der Waals surface area (Å²) in [6.45, 7) is 8.12. The Bertz CT molecular complexity index is 455. The lowest BCUT2D eigenvalue weighted by Gasteiger charge is -2.42. The SMILES string of the molecule is Cc1cc(NC(=O)CN2CCC(N)C(C)(C)C2)no1. The predicted molar refractivity (Wildman–Crippen MR) is 72.7 cm³/mol. The van der Waals surface area contributed by atoms with E-state index >= 15 is 0 Å². The zero-order chi connectivity index (χ0) is 14.0. The molecule has 0 radical (unpaired) electrons. The minimum atomic E-state index is -0.0698. The average molecular weight is 266 g/mol. The molecule has 0 spiro atoms. The van der Waals surface area contributed by atoms with Crippen molar-refractivity contribution in [3.05, 3.63) is 11.8 Å². The summed E-state index contributed by atoms with van der Waals surface area (Å²) in [5.41, 5.74) is 6.13. The van der Waals surface area contributed by atoms with E-state index in [1.54, 1.807) is 13.0 Å². The molecule has 0 bridgehead atoms. The van der Waals surface area contributed by atoms with Crippen LogP contribution in [0, 0.1) is 12.3 Å². The van der Waals surface area contributed by atoms with E-state index in [1.807, 2.05) is 0 Å². The molecule has 1 fully saturated rings. The maximum absolute atomic E-state index is 11.9. The van der Waals surface area contributed by atoms with Gasteiger partial charge in [-0.1, -0.05) is 19.0 Å². The normalized spacial score (nSPS) is 23.3. The van der Waals surface area contributed by atoms with Crippen molar-refractivity contribution in [1.82, 2.24) is 10.1 Å². The molecule has 0 aromatic carbocycles. The molecule has 6 nitrogen and oxygen atoms in total. The number of nitrogens with zero attached hydrogens (tertiary/aromatic N) is 2. The number of aromatic nitrogens is 1. The topological polar surface area (TPSA) is 84.4 Å². The molecule has 2 rings (SSSR count). The highest BCUT2D eigenvalue weighted by Gasteiger charge is 2.33. The monoisotopic (exact) mass is 266 g/mol. The second-order valence-corrected chi connectivity index (χ2v) is 5.97. The molecule has 1 saturated heterocycles. The third-order valence-corrected chi connectivity index (χ3v) is 3.65. The van der Waals surface area contributed by atoms with Crippen LogP contribution in [-0.2, 0) is 4.79 Å². The van der Waals surface area contributed by atoms with Crippen LogP contribution >= 0.6 is 0 Å². The minimum Gasteiger partial charge on any atom is -0.360 e. The van der Waals surface area contributed by atoms with Gasteiger partial charge in [0, 0.05) is 25.2 Å². The third-order valence-electron chi connectivity index (χ3n) is 3.65. The van der Waals surface area contributed by atoms with Gasteiger partial charge < -0.3 is 15.6 Å². The van der Waals surface area contributed by atoms with E-state index in [4.69, 9.17) is 10.3 Å². The lowest BCUT2D eigenvalue weighted by Crippen LogP contribution is -2.53. The largest absolute Gasteiger partial charge is 0.360 e. The van der Waals surface area contributed by atoms with Gasteiger partial charge in [0.2, 0.25) is 5.91 Å². The van der Waals surface area contributed by atoms with Crippen molar-refractivity contribution in [3.8, 4) is 0 Å². The molecule has 1 aliphatic heterocycles. The van der Waals surface area contributed by atoms with Gasteiger partial charge in [-0.05, 0) is 18.8 Å². The molecule has 106 valence electrons. The van der Waals surface area contributed by atoms with Gasteiger partial charge in [0.05, 0.1) is 6.54 Å². The maximum Gasteiger partial charge on any atom is 0.239 e. The van der Waals surface area contributed by atoms with Gasteiger partial charge in [0.25, 0.3) is 0 Å². The van der Waals surface area contributed by atoms with Crippen LogP contribution in [0.1, 0.15) is 26.0 Å². The maximum atomic E-state index is 11.9. The minimum absolute atomic E-state index is 0.0447. The van der Waals surface area contributed by atoms with Gasteiger partial charge in [-0.2, -0.15) is 0 Å². The molecule has 0 saturated carbocycles. The molecule has 1 atom stereocenters. The van der Waals surface area contributed by atoms with Gasteiger partial charge in [-0.3, -0.25) is 9.69 Å². The number of piperidine rings is 1. The first kappa shape index (κ1) is 14.0. The van der Waals surface area contributed by atoms with Crippen molar-refractivity contribution in [2.45, 2.75) is 33.2 Å². The highest BCUT2D eigenvalue weighted by Crippen LogP contribution is 2.27. The number of carbonyl (C=O) groups is 1. The first-order valence-electron chi connectivity index (χ1n) is 6.58. The Hall–Kier alpha value is -1.40. The van der Waals surface area contributed by atoms with Crippen LogP contribution in [0.15, 0.2) is 10.6 Å². The molecule has 3 N–H and O–H groups in total. The van der Waals surface area contributed by atoms with Crippen LogP contribution < -0.4 is 11.1 Å². The highest BCUT2D eigenvalue weighted by atomic mass is 16.5. The molecule has 0 aliphatic carbocycles. The quantitative estimate of drug-likeness (QED) is 0.852. The molecular formula is C13H22N4O2. The lowest BCUT2D eigenvalue weighted by molar-refractivity contribution is -0.118. The fraction of sp³-hybridized carbons (Fsp3) is 0.692. The Kier molecular flexibility index (Phi) is 3.91. The molecule has 2 heterocycles. The molecule has 1 unspecified atom stereocenters. The second kappa shape index (κ2) is 5.30. The van der Waals surface area contributed by atoms with Gasteiger partial charge in [0.1, 0.15) is 5.76 Å². The molecule has 1 aromatic heterocycles. The van der Waals surface area contributed by atoms with E-state index in [-0.39, 0.29) is 17.4 Å². The summed E-state index contributed by atoms with van der Waals surface area (Å²) < 4.78 is 4.91. The predicted octanol–water partition coefficient (Wildman–Crippen LogP) is 0.981. The van der Waals surface area contributed by atoms with Crippen LogP contribution in [-0.4, -0.2) is 41.6 Å². The summed E-state index contributed by atoms with van der Waals surface area (Å²) in [4.78, 5) is 14.0. The number of carbonyl (C=O) groups excluding carboxylic acids is 1. The van der Waals surface area contributed by atoms with Crippen LogP contribution in [0.4, 0.5) is 5.82 Å². The Balaban J connectivity index is 1.86. The number of likely N-dealkylation sites (tertiary alicyclic amines) is 1. The first-order valence-corrected chi connectivity index (χ1v) is 6.58. The molecule has 1 aromatic rings. The number of hydrogen-bond donors (Lipinski definition) is 2. The Morgan fingerprint density at radius 3 is 3.00 bits per heavy atom. The molecular weight excluding hydrogens is 244 g/mol. The standard InChI is InChI=1S/C13H22N4O2/c1-9-6-11(16-19-9)15-12(18)7-17-5-4-10(14)13(2,3)8-17/h6,10H,4-5,7-8,14H2,1-3H3,(H,15,16,18). The van der Waals surface area contributed by atoms with Crippen molar-refractivity contribution in [2.24, 2.45) is 11.1 Å². The van der Waals surface area contributed by atoms with E-state index in [0.29, 0.717) is 18.1 Å². The summed E-state index contributed by atoms with van der Waals surface area (Å²) in [5.74, 6) is 1.08. The summed E-state index contributed by atoms with van der Waals surface area (Å²) in [7, 11) is 0. The van der Waals surface area contributed by atoms with Crippen molar-refractivity contribution in [3.63, 3.8) is 0 Å². The van der Waals surface area contributed by atoms with Crippen LogP contribution in [0.3, 0.4) is 0 Å². The number of rotatable bonds is 3. The summed E-state index contributed by atoms with van der Waals surface area (Å²) in [6.07, 6.45) is 0.920. The second-order valence-electron chi connectivity index (χ2n) is 5.97. The van der Waals surface area contributed by atoms with E-state index in [9.17, 15) is 4.79 Å². The third kappa shape index (κ3) is 3.54. The van der Waals surface area contributed by atoms with Gasteiger partial charge in [-0.15, -0.1) is 0 Å². The lowest BCUT2D eigenvalue weighted by atomic mass is 9.80. The number of aryl methyl sites for hydroxylation is 1.